The molecular formula is C17H23IN2O3S. The Morgan fingerprint density at radius 2 is 1.96 bits per heavy atom. The van der Waals surface area contributed by atoms with Crippen LogP contribution < -0.4 is 0 Å². The molecule has 7 heteroatoms. The molecule has 0 aliphatic carbocycles. The maximum absolute atomic E-state index is 12.3. The summed E-state index contributed by atoms with van der Waals surface area (Å²) in [6.45, 7) is 6.59. The molecule has 132 valence electrons. The van der Waals surface area contributed by atoms with Crippen LogP contribution in [0.2, 0.25) is 0 Å². The van der Waals surface area contributed by atoms with E-state index in [1.165, 1.54) is 4.90 Å². The fourth-order valence-corrected chi connectivity index (χ4v) is 4.28. The number of benzene rings is 1. The Morgan fingerprint density at radius 1 is 1.38 bits per heavy atom. The van der Waals surface area contributed by atoms with E-state index in [1.807, 2.05) is 45.2 Å². The number of piperidine rings is 1. The van der Waals surface area contributed by atoms with Crippen LogP contribution in [-0.2, 0) is 16.8 Å². The highest BCUT2D eigenvalue weighted by atomic mass is 127. The first-order chi connectivity index (χ1) is 11.2. The molecule has 0 saturated carbocycles. The molecule has 2 rings (SSSR count). The van der Waals surface area contributed by atoms with E-state index in [0.717, 1.165) is 9.13 Å². The largest absolute Gasteiger partial charge is 0.591 e. The number of carbonyl (C=O) groups is 1. The minimum absolute atomic E-state index is 0.370. The molecule has 1 N–H and O–H groups in total. The minimum atomic E-state index is -1.33. The number of hydrogen-bond acceptors (Lipinski definition) is 3. The number of hydrogen-bond donors (Lipinski definition) is 1. The number of likely N-dealkylation sites (tertiary alicyclic amines) is 1. The van der Waals surface area contributed by atoms with Gasteiger partial charge in [-0.3, -0.25) is 0 Å². The summed E-state index contributed by atoms with van der Waals surface area (Å²) in [5, 5.41) is 9.20. The summed E-state index contributed by atoms with van der Waals surface area (Å²) in [6.07, 6.45) is 2.21. The van der Waals surface area contributed by atoms with Crippen molar-refractivity contribution in [2.24, 2.45) is 4.40 Å². The second-order valence-electron chi connectivity index (χ2n) is 7.00. The molecule has 24 heavy (non-hydrogen) atoms. The maximum atomic E-state index is 12.3. The molecule has 1 amide bonds. The van der Waals surface area contributed by atoms with E-state index >= 15 is 0 Å². The van der Waals surface area contributed by atoms with Crippen molar-refractivity contribution in [2.75, 3.05) is 13.1 Å². The molecule has 1 aliphatic heterocycles. The van der Waals surface area contributed by atoms with Gasteiger partial charge in [-0.05, 0) is 67.8 Å². The van der Waals surface area contributed by atoms with Gasteiger partial charge < -0.3 is 14.6 Å². The van der Waals surface area contributed by atoms with Crippen LogP contribution in [0.1, 0.15) is 39.2 Å². The molecule has 5 nitrogen and oxygen atoms in total. The summed E-state index contributed by atoms with van der Waals surface area (Å²) >= 11 is 0.971. The number of carboxylic acid groups (broad SMARTS) is 1. The van der Waals surface area contributed by atoms with E-state index in [1.54, 1.807) is 0 Å². The second-order valence-corrected chi connectivity index (χ2v) is 10.1. The summed E-state index contributed by atoms with van der Waals surface area (Å²) in [4.78, 5) is 12.6. The van der Waals surface area contributed by atoms with Gasteiger partial charge in [-0.2, -0.15) is 0 Å². The van der Waals surface area contributed by atoms with Crippen LogP contribution in [0.15, 0.2) is 28.7 Å². The molecule has 1 fully saturated rings. The van der Waals surface area contributed by atoms with Gasteiger partial charge in [-0.1, -0.05) is 22.6 Å². The molecule has 1 heterocycles. The van der Waals surface area contributed by atoms with Gasteiger partial charge >= 0.3 is 6.09 Å². The van der Waals surface area contributed by atoms with Gasteiger partial charge in [0.1, 0.15) is 16.1 Å². The van der Waals surface area contributed by atoms with Crippen molar-refractivity contribution in [3.63, 3.8) is 0 Å². The fourth-order valence-electron chi connectivity index (χ4n) is 2.74. The van der Waals surface area contributed by atoms with Crippen LogP contribution in [0, 0.1) is 3.57 Å². The Morgan fingerprint density at radius 3 is 2.46 bits per heavy atom. The maximum Gasteiger partial charge on any atom is 0.407 e. The predicted molar refractivity (Wildman–Crippen MR) is 106 cm³/mol. The first-order valence-corrected chi connectivity index (χ1v) is 10.0. The molecule has 1 atom stereocenters. The number of rotatable bonds is 3. The average molecular weight is 462 g/mol. The van der Waals surface area contributed by atoms with Gasteiger partial charge in [0.05, 0.1) is 6.21 Å². The van der Waals surface area contributed by atoms with E-state index in [2.05, 4.69) is 33.1 Å². The van der Waals surface area contributed by atoms with E-state index in [0.29, 0.717) is 25.9 Å². The Labute approximate surface area is 160 Å². The van der Waals surface area contributed by atoms with Gasteiger partial charge in [0.2, 0.25) is 0 Å². The lowest BCUT2D eigenvalue weighted by Gasteiger charge is -2.39. The quantitative estimate of drug-likeness (QED) is 0.422. The van der Waals surface area contributed by atoms with E-state index in [-0.39, 0.29) is 5.41 Å². The van der Waals surface area contributed by atoms with Crippen LogP contribution in [0.4, 0.5) is 4.79 Å². The Bertz CT molecular complexity index is 623. The van der Waals surface area contributed by atoms with Crippen molar-refractivity contribution in [3.05, 3.63) is 33.4 Å². The van der Waals surface area contributed by atoms with Crippen molar-refractivity contribution in [2.45, 2.75) is 43.8 Å². The third-order valence-electron chi connectivity index (χ3n) is 4.26. The lowest BCUT2D eigenvalue weighted by molar-refractivity contribution is 0.127. The van der Waals surface area contributed by atoms with Crippen LogP contribution in [0.3, 0.4) is 0 Å². The molecule has 0 spiro atoms. The summed E-state index contributed by atoms with van der Waals surface area (Å²) in [5.74, 6) is 0. The zero-order valence-electron chi connectivity index (χ0n) is 14.2. The highest BCUT2D eigenvalue weighted by molar-refractivity contribution is 14.1. The van der Waals surface area contributed by atoms with Crippen molar-refractivity contribution in [1.29, 1.82) is 0 Å². The smallest absolute Gasteiger partial charge is 0.407 e. The second kappa shape index (κ2) is 7.61. The fraction of sp³-hybridized carbons (Fsp3) is 0.529. The highest BCUT2D eigenvalue weighted by Crippen LogP contribution is 2.37. The number of nitrogens with zero attached hydrogens (tertiary/aromatic N) is 2. The minimum Gasteiger partial charge on any atom is -0.591 e. The first kappa shape index (κ1) is 19.5. The molecular weight excluding hydrogens is 439 g/mol. The summed E-state index contributed by atoms with van der Waals surface area (Å²) in [5.41, 5.74) is 0.760. The van der Waals surface area contributed by atoms with Gasteiger partial charge in [0.15, 0.2) is 0 Å². The SMILES string of the molecule is CC(C)(C)[S+]([O-])N=CC1(c2ccccc2I)CCN(C(=O)O)CC1. The molecule has 0 aromatic heterocycles. The van der Waals surface area contributed by atoms with Crippen molar-refractivity contribution in [3.8, 4) is 0 Å². The zero-order valence-corrected chi connectivity index (χ0v) is 17.1. The standard InChI is InChI=1S/C17H23IN2O3S/c1-16(2,3)24(23)19-12-17(13-6-4-5-7-14(13)18)8-10-20(11-9-17)15(21)22/h4-7,12H,8-11H2,1-3H3,(H,21,22). The Kier molecular flexibility index (Phi) is 6.19. The lowest BCUT2D eigenvalue weighted by Crippen LogP contribution is -2.46. The van der Waals surface area contributed by atoms with Gasteiger partial charge in [-0.25, -0.2) is 4.79 Å². The van der Waals surface area contributed by atoms with Crippen molar-refractivity contribution < 1.29 is 14.5 Å². The van der Waals surface area contributed by atoms with Crippen molar-refractivity contribution in [1.82, 2.24) is 4.90 Å². The molecule has 0 radical (unpaired) electrons. The summed E-state index contributed by atoms with van der Waals surface area (Å²) in [7, 11) is 0. The van der Waals surface area contributed by atoms with Gasteiger partial charge in [0, 0.05) is 22.1 Å². The predicted octanol–water partition coefficient (Wildman–Crippen LogP) is 3.84. The van der Waals surface area contributed by atoms with Crippen LogP contribution in [-0.4, -0.2) is 44.7 Å². The van der Waals surface area contributed by atoms with E-state index < -0.39 is 22.2 Å². The van der Waals surface area contributed by atoms with Crippen LogP contribution >= 0.6 is 22.6 Å². The monoisotopic (exact) mass is 462 g/mol. The molecule has 0 bridgehead atoms. The summed E-state index contributed by atoms with van der Waals surface area (Å²) in [6, 6.07) is 8.06. The van der Waals surface area contributed by atoms with E-state index in [9.17, 15) is 14.5 Å². The Hall–Kier alpha value is -0.800. The molecule has 1 saturated heterocycles. The highest BCUT2D eigenvalue weighted by Gasteiger charge is 2.39. The number of amides is 1. The average Bonchev–Trinajstić information content (AvgIpc) is 2.52. The van der Waals surface area contributed by atoms with Crippen LogP contribution in [0.5, 0.6) is 0 Å². The van der Waals surface area contributed by atoms with Crippen LogP contribution in [0.25, 0.3) is 0 Å². The first-order valence-electron chi connectivity index (χ1n) is 7.86. The molecule has 1 unspecified atom stereocenters. The molecule has 1 aromatic rings. The third kappa shape index (κ3) is 4.43. The zero-order chi connectivity index (χ0) is 18.0. The third-order valence-corrected chi connectivity index (χ3v) is 6.54. The summed E-state index contributed by atoms with van der Waals surface area (Å²) < 4.78 is 17.4. The van der Waals surface area contributed by atoms with Gasteiger partial charge in [-0.15, -0.1) is 0 Å². The lowest BCUT2D eigenvalue weighted by atomic mass is 9.74. The number of halogens is 1. The van der Waals surface area contributed by atoms with E-state index in [4.69, 9.17) is 0 Å². The van der Waals surface area contributed by atoms with Gasteiger partial charge in [0.25, 0.3) is 0 Å². The normalized spacial score (nSPS) is 19.5. The van der Waals surface area contributed by atoms with Crippen molar-refractivity contribution >= 4 is 46.3 Å². The topological polar surface area (TPSA) is 76.0 Å². The molecule has 1 aliphatic rings. The Balaban J connectivity index is 2.35. The molecule has 1 aromatic carbocycles.